The molecule has 0 N–H and O–H groups in total. The van der Waals surface area contributed by atoms with Gasteiger partial charge in [0.2, 0.25) is 5.91 Å². The van der Waals surface area contributed by atoms with Crippen LogP contribution in [-0.2, 0) is 4.79 Å². The Kier molecular flexibility index (Phi) is 4.87. The SMILES string of the molecule is O=C(CSc1nc2ccccc2s1)N1CCN(c2nc3cccnc3s2)CC1. The molecule has 6 nitrogen and oxygen atoms in total. The molecule has 4 aromatic rings. The first-order valence-corrected chi connectivity index (χ1v) is 11.6. The quantitative estimate of drug-likeness (QED) is 0.463. The molecule has 0 aliphatic carbocycles. The number of thiazole rings is 2. The summed E-state index contributed by atoms with van der Waals surface area (Å²) in [4.78, 5) is 31.4. The van der Waals surface area contributed by atoms with Crippen molar-refractivity contribution in [2.75, 3.05) is 36.8 Å². The Bertz CT molecular complexity index is 1070. The minimum absolute atomic E-state index is 0.176. The number of piperazine rings is 1. The summed E-state index contributed by atoms with van der Waals surface area (Å²) in [6, 6.07) is 12.0. The first kappa shape index (κ1) is 17.8. The fraction of sp³-hybridized carbons (Fsp3) is 0.263. The molecule has 0 bridgehead atoms. The van der Waals surface area contributed by atoms with Gasteiger partial charge in [0.1, 0.15) is 10.3 Å². The molecular weight excluding hydrogens is 410 g/mol. The van der Waals surface area contributed by atoms with E-state index in [0.29, 0.717) is 5.75 Å². The summed E-state index contributed by atoms with van der Waals surface area (Å²) in [7, 11) is 0. The van der Waals surface area contributed by atoms with Crippen molar-refractivity contribution in [1.82, 2.24) is 19.9 Å². The van der Waals surface area contributed by atoms with Gasteiger partial charge in [-0.1, -0.05) is 35.2 Å². The number of carbonyl (C=O) groups is 1. The molecule has 0 atom stereocenters. The van der Waals surface area contributed by atoms with Crippen LogP contribution in [-0.4, -0.2) is 57.7 Å². The predicted octanol–water partition coefficient (Wildman–Crippen LogP) is 3.74. The van der Waals surface area contributed by atoms with Gasteiger partial charge < -0.3 is 9.80 Å². The number of rotatable bonds is 4. The van der Waals surface area contributed by atoms with Gasteiger partial charge in [0, 0.05) is 32.4 Å². The standard InChI is InChI=1S/C19H17N5OS3/c25-16(12-26-19-22-13-4-1-2-6-15(13)27-19)23-8-10-24(11-9-23)18-21-14-5-3-7-20-17(14)28-18/h1-7H,8-12H2. The van der Waals surface area contributed by atoms with Crippen molar-refractivity contribution in [3.8, 4) is 0 Å². The number of benzene rings is 1. The second-order valence-corrected chi connectivity index (χ2v) is 9.64. The number of nitrogens with zero attached hydrogens (tertiary/aromatic N) is 5. The van der Waals surface area contributed by atoms with Gasteiger partial charge in [-0.25, -0.2) is 15.0 Å². The Labute approximate surface area is 174 Å². The molecule has 0 radical (unpaired) electrons. The third kappa shape index (κ3) is 3.57. The average Bonchev–Trinajstić information content (AvgIpc) is 3.35. The van der Waals surface area contributed by atoms with Crippen LogP contribution in [0.2, 0.25) is 0 Å². The summed E-state index contributed by atoms with van der Waals surface area (Å²) in [5.41, 5.74) is 1.94. The predicted molar refractivity (Wildman–Crippen MR) is 117 cm³/mol. The number of pyridine rings is 1. The third-order valence-corrected chi connectivity index (χ3v) is 7.86. The minimum Gasteiger partial charge on any atom is -0.344 e. The Hall–Kier alpha value is -2.23. The lowest BCUT2D eigenvalue weighted by Crippen LogP contribution is -2.49. The maximum absolute atomic E-state index is 12.6. The fourth-order valence-corrected chi connectivity index (χ4v) is 6.10. The highest BCUT2D eigenvalue weighted by Crippen LogP contribution is 2.30. The molecule has 1 fully saturated rings. The molecule has 0 saturated carbocycles. The molecule has 3 aromatic heterocycles. The molecule has 28 heavy (non-hydrogen) atoms. The van der Waals surface area contributed by atoms with Gasteiger partial charge in [0.05, 0.1) is 16.0 Å². The number of hydrogen-bond acceptors (Lipinski definition) is 8. The highest BCUT2D eigenvalue weighted by Gasteiger charge is 2.23. The van der Waals surface area contributed by atoms with Gasteiger partial charge in [-0.05, 0) is 24.3 Å². The Morgan fingerprint density at radius 2 is 1.82 bits per heavy atom. The first-order chi connectivity index (χ1) is 13.8. The molecule has 9 heteroatoms. The highest BCUT2D eigenvalue weighted by molar-refractivity contribution is 8.01. The van der Waals surface area contributed by atoms with Gasteiger partial charge in [-0.15, -0.1) is 11.3 Å². The van der Waals surface area contributed by atoms with Crippen LogP contribution in [0.25, 0.3) is 20.6 Å². The van der Waals surface area contributed by atoms with Gasteiger partial charge in [-0.3, -0.25) is 4.79 Å². The molecule has 1 aliphatic heterocycles. The molecule has 1 amide bonds. The molecule has 142 valence electrons. The molecule has 1 aliphatic rings. The maximum atomic E-state index is 12.6. The zero-order valence-corrected chi connectivity index (χ0v) is 17.4. The molecule has 0 unspecified atom stereocenters. The van der Waals surface area contributed by atoms with E-state index in [0.717, 1.165) is 56.2 Å². The lowest BCUT2D eigenvalue weighted by molar-refractivity contribution is -0.128. The van der Waals surface area contributed by atoms with Crippen molar-refractivity contribution in [2.45, 2.75) is 4.34 Å². The van der Waals surface area contributed by atoms with Crippen molar-refractivity contribution in [1.29, 1.82) is 0 Å². The van der Waals surface area contributed by atoms with Crippen LogP contribution in [0.3, 0.4) is 0 Å². The second-order valence-electron chi connectivity index (χ2n) is 6.43. The van der Waals surface area contributed by atoms with Crippen LogP contribution in [0.1, 0.15) is 0 Å². The van der Waals surface area contributed by atoms with E-state index in [1.165, 1.54) is 11.8 Å². The molecule has 1 aromatic carbocycles. The van der Waals surface area contributed by atoms with Gasteiger partial charge in [-0.2, -0.15) is 0 Å². The minimum atomic E-state index is 0.176. The fourth-order valence-electron chi connectivity index (χ4n) is 3.17. The van der Waals surface area contributed by atoms with Crippen LogP contribution in [0, 0.1) is 0 Å². The summed E-state index contributed by atoms with van der Waals surface area (Å²) < 4.78 is 2.12. The van der Waals surface area contributed by atoms with Crippen LogP contribution < -0.4 is 4.90 Å². The maximum Gasteiger partial charge on any atom is 0.233 e. The average molecular weight is 428 g/mol. The van der Waals surface area contributed by atoms with Crippen molar-refractivity contribution in [3.63, 3.8) is 0 Å². The largest absolute Gasteiger partial charge is 0.344 e. The van der Waals surface area contributed by atoms with E-state index in [1.807, 2.05) is 35.2 Å². The van der Waals surface area contributed by atoms with Crippen LogP contribution in [0.15, 0.2) is 46.9 Å². The second kappa shape index (κ2) is 7.65. The zero-order chi connectivity index (χ0) is 18.9. The number of para-hydroxylation sites is 1. The summed E-state index contributed by atoms with van der Waals surface area (Å²) in [6.07, 6.45) is 1.80. The Morgan fingerprint density at radius 1 is 1.00 bits per heavy atom. The van der Waals surface area contributed by atoms with E-state index in [1.54, 1.807) is 28.9 Å². The van der Waals surface area contributed by atoms with Crippen molar-refractivity contribution < 1.29 is 4.79 Å². The van der Waals surface area contributed by atoms with E-state index < -0.39 is 0 Å². The molecule has 0 spiro atoms. The lowest BCUT2D eigenvalue weighted by Gasteiger charge is -2.34. The number of thioether (sulfide) groups is 1. The van der Waals surface area contributed by atoms with E-state index in [9.17, 15) is 4.79 Å². The number of fused-ring (bicyclic) bond motifs is 2. The monoisotopic (exact) mass is 427 g/mol. The van der Waals surface area contributed by atoms with Gasteiger partial charge in [0.15, 0.2) is 9.47 Å². The summed E-state index contributed by atoms with van der Waals surface area (Å²) >= 11 is 4.79. The van der Waals surface area contributed by atoms with E-state index in [2.05, 4.69) is 25.9 Å². The molecular formula is C19H17N5OS3. The Morgan fingerprint density at radius 3 is 2.64 bits per heavy atom. The Balaban J connectivity index is 1.17. The first-order valence-electron chi connectivity index (χ1n) is 8.99. The lowest BCUT2D eigenvalue weighted by atomic mass is 10.3. The van der Waals surface area contributed by atoms with Crippen molar-refractivity contribution in [2.24, 2.45) is 0 Å². The van der Waals surface area contributed by atoms with Crippen molar-refractivity contribution >= 4 is 66.0 Å². The highest BCUT2D eigenvalue weighted by atomic mass is 32.2. The normalized spacial score (nSPS) is 14.9. The van der Waals surface area contributed by atoms with Gasteiger partial charge in [0.25, 0.3) is 0 Å². The van der Waals surface area contributed by atoms with E-state index in [4.69, 9.17) is 0 Å². The van der Waals surface area contributed by atoms with Crippen molar-refractivity contribution in [3.05, 3.63) is 42.6 Å². The summed E-state index contributed by atoms with van der Waals surface area (Å²) in [5.74, 6) is 0.611. The number of aromatic nitrogens is 3. The van der Waals surface area contributed by atoms with Gasteiger partial charge >= 0.3 is 0 Å². The number of hydrogen-bond donors (Lipinski definition) is 0. The molecule has 1 saturated heterocycles. The van der Waals surface area contributed by atoms with E-state index >= 15 is 0 Å². The molecule has 4 heterocycles. The number of amides is 1. The smallest absolute Gasteiger partial charge is 0.233 e. The number of carbonyl (C=O) groups excluding carboxylic acids is 1. The zero-order valence-electron chi connectivity index (χ0n) is 14.9. The van der Waals surface area contributed by atoms with E-state index in [-0.39, 0.29) is 5.91 Å². The molecule has 5 rings (SSSR count). The number of anilines is 1. The topological polar surface area (TPSA) is 62.2 Å². The van der Waals surface area contributed by atoms with Crippen LogP contribution in [0.5, 0.6) is 0 Å². The van der Waals surface area contributed by atoms with Crippen LogP contribution >= 0.6 is 34.4 Å². The summed E-state index contributed by atoms with van der Waals surface area (Å²) in [5, 5.41) is 0.990. The third-order valence-electron chi connectivity index (χ3n) is 4.65. The summed E-state index contributed by atoms with van der Waals surface area (Å²) in [6.45, 7) is 3.06. The van der Waals surface area contributed by atoms with Crippen LogP contribution in [0.4, 0.5) is 5.13 Å².